The molecule has 1 aliphatic rings. The summed E-state index contributed by atoms with van der Waals surface area (Å²) in [6, 6.07) is 5.86. The predicted molar refractivity (Wildman–Crippen MR) is 85.0 cm³/mol. The van der Waals surface area contributed by atoms with E-state index in [4.69, 9.17) is 5.73 Å². The van der Waals surface area contributed by atoms with Crippen LogP contribution in [0.4, 0.5) is 0 Å². The third-order valence-electron chi connectivity index (χ3n) is 3.91. The first-order chi connectivity index (χ1) is 10.5. The highest BCUT2D eigenvalue weighted by Gasteiger charge is 2.31. The van der Waals surface area contributed by atoms with Gasteiger partial charge < -0.3 is 11.1 Å². The molecular formula is C15H23N3O3S. The Morgan fingerprint density at radius 1 is 1.27 bits per heavy atom. The van der Waals surface area contributed by atoms with Crippen LogP contribution in [0.2, 0.25) is 0 Å². The van der Waals surface area contributed by atoms with Crippen molar-refractivity contribution in [3.05, 3.63) is 29.8 Å². The van der Waals surface area contributed by atoms with Crippen LogP contribution >= 0.6 is 0 Å². The number of benzene rings is 1. The van der Waals surface area contributed by atoms with E-state index in [0.29, 0.717) is 12.1 Å². The molecule has 1 heterocycles. The van der Waals surface area contributed by atoms with Crippen molar-refractivity contribution in [2.45, 2.75) is 37.1 Å². The minimum atomic E-state index is -3.55. The number of nitrogens with one attached hydrogen (secondary N) is 1. The molecule has 1 aliphatic heterocycles. The van der Waals surface area contributed by atoms with Crippen LogP contribution in [0, 0.1) is 0 Å². The summed E-state index contributed by atoms with van der Waals surface area (Å²) in [5.41, 5.74) is 5.50. The molecule has 122 valence electrons. The summed E-state index contributed by atoms with van der Waals surface area (Å²) in [5, 5.41) is 3.25. The van der Waals surface area contributed by atoms with Crippen LogP contribution in [-0.2, 0) is 10.0 Å². The summed E-state index contributed by atoms with van der Waals surface area (Å²) in [7, 11) is -3.55. The average molecular weight is 325 g/mol. The zero-order valence-electron chi connectivity index (χ0n) is 12.8. The fourth-order valence-corrected chi connectivity index (χ4v) is 4.52. The number of primary amides is 1. The molecule has 2 rings (SSSR count). The molecule has 1 fully saturated rings. The molecule has 0 aromatic heterocycles. The Hall–Kier alpha value is -1.44. The summed E-state index contributed by atoms with van der Waals surface area (Å²) >= 11 is 0. The quantitative estimate of drug-likeness (QED) is 0.814. The first kappa shape index (κ1) is 16.9. The molecule has 1 aromatic rings. The fourth-order valence-electron chi connectivity index (χ4n) is 2.74. The topological polar surface area (TPSA) is 92.5 Å². The first-order valence-corrected chi connectivity index (χ1v) is 9.03. The number of rotatable bonds is 6. The van der Waals surface area contributed by atoms with E-state index in [9.17, 15) is 13.2 Å². The zero-order chi connectivity index (χ0) is 16.2. The molecule has 1 aromatic carbocycles. The maximum atomic E-state index is 12.9. The number of sulfonamides is 1. The SMILES string of the molecule is CCCN(C1CCNCC1)S(=O)(=O)c1ccc(C(N)=O)cc1. The molecule has 0 radical (unpaired) electrons. The van der Waals surface area contributed by atoms with Crippen molar-refractivity contribution in [1.29, 1.82) is 0 Å². The third kappa shape index (κ3) is 3.66. The van der Waals surface area contributed by atoms with Gasteiger partial charge in [0.2, 0.25) is 15.9 Å². The fraction of sp³-hybridized carbons (Fsp3) is 0.533. The summed E-state index contributed by atoms with van der Waals surface area (Å²) in [4.78, 5) is 11.3. The molecule has 7 heteroatoms. The minimum absolute atomic E-state index is 0.0296. The normalized spacial score (nSPS) is 16.8. The lowest BCUT2D eigenvalue weighted by Gasteiger charge is -2.33. The molecule has 1 saturated heterocycles. The minimum Gasteiger partial charge on any atom is -0.366 e. The highest BCUT2D eigenvalue weighted by atomic mass is 32.2. The average Bonchev–Trinajstić information content (AvgIpc) is 2.53. The van der Waals surface area contributed by atoms with Gasteiger partial charge in [0.15, 0.2) is 0 Å². The summed E-state index contributed by atoms with van der Waals surface area (Å²) in [6.07, 6.45) is 2.40. The predicted octanol–water partition coefficient (Wildman–Crippen LogP) is 0.938. The lowest BCUT2D eigenvalue weighted by Crippen LogP contribution is -2.46. The van der Waals surface area contributed by atoms with Crippen LogP contribution in [0.15, 0.2) is 29.2 Å². The van der Waals surface area contributed by atoms with Gasteiger partial charge in [-0.1, -0.05) is 6.92 Å². The van der Waals surface area contributed by atoms with Crippen molar-refractivity contribution in [3.63, 3.8) is 0 Å². The van der Waals surface area contributed by atoms with Gasteiger partial charge in [0.25, 0.3) is 0 Å². The second-order valence-corrected chi connectivity index (χ2v) is 7.38. The zero-order valence-corrected chi connectivity index (χ0v) is 13.6. The van der Waals surface area contributed by atoms with Crippen molar-refractivity contribution in [1.82, 2.24) is 9.62 Å². The van der Waals surface area contributed by atoms with E-state index in [0.717, 1.165) is 32.4 Å². The van der Waals surface area contributed by atoms with Gasteiger partial charge in [-0.3, -0.25) is 4.79 Å². The number of piperidine rings is 1. The monoisotopic (exact) mass is 325 g/mol. The van der Waals surface area contributed by atoms with Gasteiger partial charge in [-0.15, -0.1) is 0 Å². The van der Waals surface area contributed by atoms with E-state index in [-0.39, 0.29) is 10.9 Å². The first-order valence-electron chi connectivity index (χ1n) is 7.59. The number of nitrogens with zero attached hydrogens (tertiary/aromatic N) is 1. The number of carbonyl (C=O) groups excluding carboxylic acids is 1. The maximum Gasteiger partial charge on any atom is 0.248 e. The molecular weight excluding hydrogens is 302 g/mol. The standard InChI is InChI=1S/C15H23N3O3S/c1-2-11-18(13-7-9-17-10-8-13)22(20,21)14-5-3-12(4-6-14)15(16)19/h3-6,13,17H,2,7-11H2,1H3,(H2,16,19). The molecule has 0 saturated carbocycles. The van der Waals surface area contributed by atoms with Crippen molar-refractivity contribution in [2.75, 3.05) is 19.6 Å². The van der Waals surface area contributed by atoms with Gasteiger partial charge in [0.1, 0.15) is 0 Å². The van der Waals surface area contributed by atoms with Crippen molar-refractivity contribution < 1.29 is 13.2 Å². The Labute approximate surface area is 131 Å². The Kier molecular flexibility index (Phi) is 5.55. The van der Waals surface area contributed by atoms with Crippen molar-refractivity contribution in [2.24, 2.45) is 5.73 Å². The highest BCUT2D eigenvalue weighted by Crippen LogP contribution is 2.23. The van der Waals surface area contributed by atoms with Gasteiger partial charge in [-0.05, 0) is 56.6 Å². The second kappa shape index (κ2) is 7.21. The number of amides is 1. The molecule has 6 nitrogen and oxygen atoms in total. The summed E-state index contributed by atoms with van der Waals surface area (Å²) < 4.78 is 27.4. The molecule has 0 aliphatic carbocycles. The largest absolute Gasteiger partial charge is 0.366 e. The van der Waals surface area contributed by atoms with E-state index < -0.39 is 15.9 Å². The van der Waals surface area contributed by atoms with Crippen molar-refractivity contribution in [3.8, 4) is 0 Å². The number of nitrogens with two attached hydrogens (primary N) is 1. The van der Waals surface area contributed by atoms with Crippen LogP contribution in [0.1, 0.15) is 36.5 Å². The molecule has 0 atom stereocenters. The van der Waals surface area contributed by atoms with Crippen LogP contribution in [0.25, 0.3) is 0 Å². The van der Waals surface area contributed by atoms with E-state index in [2.05, 4.69) is 5.32 Å². The Bertz CT molecular complexity index is 607. The third-order valence-corrected chi connectivity index (χ3v) is 5.87. The number of hydrogen-bond donors (Lipinski definition) is 2. The lowest BCUT2D eigenvalue weighted by atomic mass is 10.1. The maximum absolute atomic E-state index is 12.9. The molecule has 0 spiro atoms. The molecule has 22 heavy (non-hydrogen) atoms. The van der Waals surface area contributed by atoms with Crippen LogP contribution in [0.5, 0.6) is 0 Å². The molecule has 1 amide bonds. The van der Waals surface area contributed by atoms with Gasteiger partial charge in [-0.2, -0.15) is 4.31 Å². The second-order valence-electron chi connectivity index (χ2n) is 5.49. The van der Waals surface area contributed by atoms with Crippen molar-refractivity contribution >= 4 is 15.9 Å². The van der Waals surface area contributed by atoms with Gasteiger partial charge in [0, 0.05) is 18.2 Å². The summed E-state index contributed by atoms with van der Waals surface area (Å²) in [5.74, 6) is -0.562. The van der Waals surface area contributed by atoms with E-state index in [1.165, 1.54) is 24.3 Å². The van der Waals surface area contributed by atoms with Crippen LogP contribution in [-0.4, -0.2) is 44.3 Å². The number of carbonyl (C=O) groups is 1. The van der Waals surface area contributed by atoms with Gasteiger partial charge in [-0.25, -0.2) is 8.42 Å². The van der Waals surface area contributed by atoms with Gasteiger partial charge in [0.05, 0.1) is 4.90 Å². The van der Waals surface area contributed by atoms with Gasteiger partial charge >= 0.3 is 0 Å². The Morgan fingerprint density at radius 3 is 2.36 bits per heavy atom. The lowest BCUT2D eigenvalue weighted by molar-refractivity contribution is 0.1000. The Balaban J connectivity index is 2.29. The molecule has 0 unspecified atom stereocenters. The highest BCUT2D eigenvalue weighted by molar-refractivity contribution is 7.89. The van der Waals surface area contributed by atoms with E-state index in [1.54, 1.807) is 4.31 Å². The van der Waals surface area contributed by atoms with E-state index >= 15 is 0 Å². The smallest absolute Gasteiger partial charge is 0.248 e. The van der Waals surface area contributed by atoms with Crippen LogP contribution in [0.3, 0.4) is 0 Å². The number of hydrogen-bond acceptors (Lipinski definition) is 4. The van der Waals surface area contributed by atoms with Crippen LogP contribution < -0.4 is 11.1 Å². The Morgan fingerprint density at radius 2 is 1.86 bits per heavy atom. The molecule has 3 N–H and O–H groups in total. The molecule has 0 bridgehead atoms. The summed E-state index contributed by atoms with van der Waals surface area (Å²) in [6.45, 7) is 4.15. The van der Waals surface area contributed by atoms with E-state index in [1.807, 2.05) is 6.92 Å².